The van der Waals surface area contributed by atoms with Crippen molar-refractivity contribution in [2.75, 3.05) is 26.2 Å². The van der Waals surface area contributed by atoms with Crippen LogP contribution in [0.2, 0.25) is 0 Å². The highest BCUT2D eigenvalue weighted by Crippen LogP contribution is 2.12. The number of benzene rings is 1. The molecule has 0 saturated carbocycles. The predicted molar refractivity (Wildman–Crippen MR) is 63.6 cm³/mol. The lowest BCUT2D eigenvalue weighted by Crippen LogP contribution is -2.24. The van der Waals surface area contributed by atoms with Crippen LogP contribution in [0.5, 0.6) is 5.75 Å². The Bertz CT molecular complexity index is 342. The number of hydrogen-bond donors (Lipinski definition) is 1. The fraction of sp³-hybridized carbons (Fsp3) is 0.538. The van der Waals surface area contributed by atoms with Crippen molar-refractivity contribution in [3.63, 3.8) is 0 Å². The zero-order chi connectivity index (χ0) is 12.1. The summed E-state index contributed by atoms with van der Waals surface area (Å²) in [5, 5.41) is 9.35. The SMILES string of the molecule is O[C@H]1CCN(CCCOc2ccc(F)cc2)C1. The van der Waals surface area contributed by atoms with Crippen LogP contribution >= 0.6 is 0 Å². The van der Waals surface area contributed by atoms with Gasteiger partial charge in [-0.2, -0.15) is 0 Å². The lowest BCUT2D eigenvalue weighted by Gasteiger charge is -2.14. The maximum atomic E-state index is 12.6. The van der Waals surface area contributed by atoms with E-state index in [-0.39, 0.29) is 11.9 Å². The Morgan fingerprint density at radius 2 is 2.12 bits per heavy atom. The van der Waals surface area contributed by atoms with Gasteiger partial charge in [-0.15, -0.1) is 0 Å². The number of halogens is 1. The second-order valence-electron chi connectivity index (χ2n) is 4.40. The van der Waals surface area contributed by atoms with Gasteiger partial charge in [0.25, 0.3) is 0 Å². The van der Waals surface area contributed by atoms with Crippen LogP contribution < -0.4 is 4.74 Å². The van der Waals surface area contributed by atoms with Gasteiger partial charge in [0.1, 0.15) is 11.6 Å². The van der Waals surface area contributed by atoms with Crippen LogP contribution in [0.25, 0.3) is 0 Å². The summed E-state index contributed by atoms with van der Waals surface area (Å²) in [6.07, 6.45) is 1.64. The van der Waals surface area contributed by atoms with Gasteiger partial charge in [0.05, 0.1) is 12.7 Å². The van der Waals surface area contributed by atoms with E-state index in [2.05, 4.69) is 4.90 Å². The highest BCUT2D eigenvalue weighted by Gasteiger charge is 2.18. The molecule has 0 bridgehead atoms. The summed E-state index contributed by atoms with van der Waals surface area (Å²) >= 11 is 0. The third-order valence-electron chi connectivity index (χ3n) is 2.95. The first-order valence-electron chi connectivity index (χ1n) is 6.03. The van der Waals surface area contributed by atoms with E-state index in [0.717, 1.165) is 32.5 Å². The number of likely N-dealkylation sites (tertiary alicyclic amines) is 1. The molecule has 3 nitrogen and oxygen atoms in total. The molecular formula is C13H18FNO2. The molecule has 1 N–H and O–H groups in total. The smallest absolute Gasteiger partial charge is 0.123 e. The van der Waals surface area contributed by atoms with Gasteiger partial charge in [-0.25, -0.2) is 4.39 Å². The van der Waals surface area contributed by atoms with Crippen LogP contribution in [-0.2, 0) is 0 Å². The molecule has 1 aliphatic rings. The van der Waals surface area contributed by atoms with Crippen molar-refractivity contribution in [3.8, 4) is 5.75 Å². The van der Waals surface area contributed by atoms with Gasteiger partial charge in [0.15, 0.2) is 0 Å². The van der Waals surface area contributed by atoms with Gasteiger partial charge in [-0.3, -0.25) is 0 Å². The molecule has 94 valence electrons. The largest absolute Gasteiger partial charge is 0.494 e. The molecule has 1 saturated heterocycles. The molecule has 4 heteroatoms. The van der Waals surface area contributed by atoms with E-state index in [1.54, 1.807) is 12.1 Å². The molecule has 1 aliphatic heterocycles. The molecule has 1 aromatic rings. The second kappa shape index (κ2) is 5.98. The van der Waals surface area contributed by atoms with Gasteiger partial charge in [0.2, 0.25) is 0 Å². The summed E-state index contributed by atoms with van der Waals surface area (Å²) in [6, 6.07) is 6.06. The zero-order valence-corrected chi connectivity index (χ0v) is 9.81. The van der Waals surface area contributed by atoms with E-state index >= 15 is 0 Å². The van der Waals surface area contributed by atoms with E-state index in [1.807, 2.05) is 0 Å². The lowest BCUT2D eigenvalue weighted by molar-refractivity contribution is 0.173. The molecule has 1 atom stereocenters. The standard InChI is InChI=1S/C13H18FNO2/c14-11-2-4-13(5-3-11)17-9-1-7-15-8-6-12(16)10-15/h2-5,12,16H,1,6-10H2/t12-/m0/s1. The summed E-state index contributed by atoms with van der Waals surface area (Å²) in [5.74, 6) is 0.455. The van der Waals surface area contributed by atoms with Crippen LogP contribution in [-0.4, -0.2) is 42.4 Å². The number of aliphatic hydroxyl groups excluding tert-OH is 1. The first kappa shape index (κ1) is 12.3. The second-order valence-corrected chi connectivity index (χ2v) is 4.40. The Kier molecular flexibility index (Phi) is 4.34. The summed E-state index contributed by atoms with van der Waals surface area (Å²) in [5.41, 5.74) is 0. The molecule has 0 aliphatic carbocycles. The summed E-state index contributed by atoms with van der Waals surface area (Å²) in [4.78, 5) is 2.23. The van der Waals surface area contributed by atoms with E-state index in [9.17, 15) is 9.50 Å². The highest BCUT2D eigenvalue weighted by atomic mass is 19.1. The zero-order valence-electron chi connectivity index (χ0n) is 9.81. The van der Waals surface area contributed by atoms with Crippen molar-refractivity contribution in [2.45, 2.75) is 18.9 Å². The van der Waals surface area contributed by atoms with E-state index in [1.165, 1.54) is 12.1 Å². The minimum atomic E-state index is -0.247. The number of rotatable bonds is 5. The average molecular weight is 239 g/mol. The van der Waals surface area contributed by atoms with Gasteiger partial charge in [0, 0.05) is 19.6 Å². The number of aliphatic hydroxyl groups is 1. The topological polar surface area (TPSA) is 32.7 Å². The predicted octanol–water partition coefficient (Wildman–Crippen LogP) is 1.66. The number of ether oxygens (including phenoxy) is 1. The third-order valence-corrected chi connectivity index (χ3v) is 2.95. The van der Waals surface area contributed by atoms with E-state index in [4.69, 9.17) is 4.74 Å². The van der Waals surface area contributed by atoms with Crippen LogP contribution in [0.3, 0.4) is 0 Å². The fourth-order valence-electron chi connectivity index (χ4n) is 2.02. The van der Waals surface area contributed by atoms with Crippen molar-refractivity contribution >= 4 is 0 Å². The van der Waals surface area contributed by atoms with Gasteiger partial charge in [-0.1, -0.05) is 0 Å². The Hall–Kier alpha value is -1.13. The average Bonchev–Trinajstić information content (AvgIpc) is 2.73. The summed E-state index contributed by atoms with van der Waals surface area (Å²) in [7, 11) is 0. The Morgan fingerprint density at radius 1 is 1.35 bits per heavy atom. The maximum Gasteiger partial charge on any atom is 0.123 e. The minimum Gasteiger partial charge on any atom is -0.494 e. The monoisotopic (exact) mass is 239 g/mol. The van der Waals surface area contributed by atoms with E-state index in [0.29, 0.717) is 12.4 Å². The summed E-state index contributed by atoms with van der Waals surface area (Å²) < 4.78 is 18.1. The van der Waals surface area contributed by atoms with Crippen molar-refractivity contribution in [3.05, 3.63) is 30.1 Å². The highest BCUT2D eigenvalue weighted by molar-refractivity contribution is 5.21. The quantitative estimate of drug-likeness (QED) is 0.793. The van der Waals surface area contributed by atoms with E-state index < -0.39 is 0 Å². The Balaban J connectivity index is 1.61. The molecule has 0 unspecified atom stereocenters. The molecule has 0 radical (unpaired) electrons. The third kappa shape index (κ3) is 3.98. The maximum absolute atomic E-state index is 12.6. The van der Waals surface area contributed by atoms with Gasteiger partial charge in [-0.05, 0) is 37.1 Å². The first-order valence-corrected chi connectivity index (χ1v) is 6.03. The number of hydrogen-bond acceptors (Lipinski definition) is 3. The fourth-order valence-corrected chi connectivity index (χ4v) is 2.02. The normalized spacial score (nSPS) is 20.7. The molecule has 17 heavy (non-hydrogen) atoms. The van der Waals surface area contributed by atoms with Crippen molar-refractivity contribution in [1.29, 1.82) is 0 Å². The molecule has 0 aromatic heterocycles. The Labute approximate surface area is 101 Å². The molecule has 1 fully saturated rings. The molecule has 1 heterocycles. The number of nitrogens with zero attached hydrogens (tertiary/aromatic N) is 1. The van der Waals surface area contributed by atoms with Crippen LogP contribution in [0, 0.1) is 5.82 Å². The molecule has 0 spiro atoms. The van der Waals surface area contributed by atoms with Crippen molar-refractivity contribution < 1.29 is 14.2 Å². The van der Waals surface area contributed by atoms with Crippen LogP contribution in [0.1, 0.15) is 12.8 Å². The molecule has 1 aromatic carbocycles. The van der Waals surface area contributed by atoms with Gasteiger partial charge < -0.3 is 14.7 Å². The molecule has 0 amide bonds. The molecular weight excluding hydrogens is 221 g/mol. The lowest BCUT2D eigenvalue weighted by atomic mass is 10.3. The minimum absolute atomic E-state index is 0.159. The molecule has 2 rings (SSSR count). The van der Waals surface area contributed by atoms with Crippen molar-refractivity contribution in [1.82, 2.24) is 4.90 Å². The first-order chi connectivity index (χ1) is 8.24. The Morgan fingerprint density at radius 3 is 2.76 bits per heavy atom. The van der Waals surface area contributed by atoms with Crippen LogP contribution in [0.4, 0.5) is 4.39 Å². The van der Waals surface area contributed by atoms with Gasteiger partial charge >= 0.3 is 0 Å². The number of β-amino-alcohol motifs (C(OH)–C–C–N with tert-alkyl or cyclic N) is 1. The summed E-state index contributed by atoms with van der Waals surface area (Å²) in [6.45, 7) is 3.31. The van der Waals surface area contributed by atoms with Crippen molar-refractivity contribution in [2.24, 2.45) is 0 Å². The van der Waals surface area contributed by atoms with Crippen LogP contribution in [0.15, 0.2) is 24.3 Å².